The van der Waals surface area contributed by atoms with Crippen LogP contribution in [-0.4, -0.2) is 71.1 Å². The zero-order valence-electron chi connectivity index (χ0n) is 25.4. The van der Waals surface area contributed by atoms with Gasteiger partial charge >= 0.3 is 11.9 Å². The molecule has 42 heavy (non-hydrogen) atoms. The number of esters is 2. The fourth-order valence-electron chi connectivity index (χ4n) is 4.97. The van der Waals surface area contributed by atoms with E-state index in [0.29, 0.717) is 30.1 Å². The second-order valence-electron chi connectivity index (χ2n) is 12.5. The van der Waals surface area contributed by atoms with Crippen LogP contribution < -0.4 is 11.1 Å². The molecule has 234 valence electrons. The quantitative estimate of drug-likeness (QED) is 0.100. The Morgan fingerprint density at radius 3 is 2.62 bits per heavy atom. The van der Waals surface area contributed by atoms with Crippen molar-refractivity contribution in [2.24, 2.45) is 22.1 Å². The van der Waals surface area contributed by atoms with Crippen molar-refractivity contribution in [2.45, 2.75) is 116 Å². The summed E-state index contributed by atoms with van der Waals surface area (Å²) in [5.74, 6) is -0.836. The first kappa shape index (κ1) is 33.4. The number of ether oxygens (including phenoxy) is 3. The molecule has 2 fully saturated rings. The first-order chi connectivity index (χ1) is 19.8. The zero-order valence-corrected chi connectivity index (χ0v) is 25.4. The first-order valence-corrected chi connectivity index (χ1v) is 14.8. The third-order valence-electron chi connectivity index (χ3n) is 8.10. The number of amidine groups is 1. The molecule has 0 aromatic carbocycles. The Kier molecular flexibility index (Phi) is 11.4. The van der Waals surface area contributed by atoms with Crippen molar-refractivity contribution < 1.29 is 33.7 Å². The van der Waals surface area contributed by atoms with Crippen molar-refractivity contribution >= 4 is 30.0 Å². The molecule has 1 aromatic rings. The van der Waals surface area contributed by atoms with Gasteiger partial charge in [0.25, 0.3) is 0 Å². The summed E-state index contributed by atoms with van der Waals surface area (Å²) in [7, 11) is 0. The summed E-state index contributed by atoms with van der Waals surface area (Å²) in [5.41, 5.74) is 4.93. The van der Waals surface area contributed by atoms with Gasteiger partial charge in [-0.25, -0.2) is 4.99 Å². The number of aliphatic hydroxyl groups is 1. The molecule has 2 aliphatic rings. The average Bonchev–Trinajstić information content (AvgIpc) is 3.49. The monoisotopic (exact) mass is 589 g/mol. The predicted octanol–water partition coefficient (Wildman–Crippen LogP) is 3.06. The number of hydrogen-bond donors (Lipinski definition) is 5. The predicted molar refractivity (Wildman–Crippen MR) is 157 cm³/mol. The highest BCUT2D eigenvalue weighted by molar-refractivity contribution is 6.09. The average molecular weight is 590 g/mol. The number of carbonyl (C=O) groups is 3. The van der Waals surface area contributed by atoms with Crippen LogP contribution in [0, 0.1) is 16.7 Å². The Bertz CT molecular complexity index is 1140. The van der Waals surface area contributed by atoms with Crippen LogP contribution in [0.4, 0.5) is 0 Å². The molecule has 3 rings (SSSR count). The van der Waals surface area contributed by atoms with E-state index in [9.17, 15) is 19.5 Å². The van der Waals surface area contributed by atoms with Crippen LogP contribution in [0.25, 0.3) is 0 Å². The van der Waals surface area contributed by atoms with Crippen LogP contribution in [0.1, 0.15) is 97.4 Å². The maximum absolute atomic E-state index is 13.0. The van der Waals surface area contributed by atoms with E-state index in [0.717, 1.165) is 44.9 Å². The van der Waals surface area contributed by atoms with Gasteiger partial charge < -0.3 is 35.4 Å². The molecule has 1 amide bonds. The van der Waals surface area contributed by atoms with Gasteiger partial charge in [0.15, 0.2) is 11.9 Å². The normalized spacial score (nSPS) is 25.4. The lowest BCUT2D eigenvalue weighted by Gasteiger charge is -2.29. The number of nitrogens with two attached hydrogens (primary N) is 1. The molecule has 0 spiro atoms. The molecule has 0 unspecified atom stereocenters. The molecule has 1 aromatic heterocycles. The molecule has 0 bridgehead atoms. The minimum Gasteiger partial charge on any atom is -0.463 e. The SMILES string of the molecule is CCCCCC(=O)N/C(=N/C=N)c1ccc([C@]2(C)O[C@H](COC(=O)CC3CCC3)[C@@H](OC(=O)[C@@H](N)C(C)(C)C)[C@H]2O)[nH]1. The Labute approximate surface area is 247 Å². The third-order valence-corrected chi connectivity index (χ3v) is 8.10. The molecular weight excluding hydrogens is 542 g/mol. The molecular formula is C30H47N5O7. The van der Waals surface area contributed by atoms with E-state index in [4.69, 9.17) is 25.4 Å². The van der Waals surface area contributed by atoms with E-state index in [-0.39, 0.29) is 24.3 Å². The highest BCUT2D eigenvalue weighted by atomic mass is 16.6. The molecule has 0 radical (unpaired) electrons. The van der Waals surface area contributed by atoms with E-state index in [1.54, 1.807) is 39.8 Å². The summed E-state index contributed by atoms with van der Waals surface area (Å²) in [5, 5.41) is 21.7. The Morgan fingerprint density at radius 2 is 2.02 bits per heavy atom. The molecule has 12 heteroatoms. The molecule has 1 saturated carbocycles. The van der Waals surface area contributed by atoms with Crippen molar-refractivity contribution in [3.8, 4) is 0 Å². The van der Waals surface area contributed by atoms with Gasteiger partial charge in [-0.15, -0.1) is 0 Å². The molecule has 1 aliphatic carbocycles. The van der Waals surface area contributed by atoms with Gasteiger partial charge in [-0.1, -0.05) is 47.0 Å². The van der Waals surface area contributed by atoms with Gasteiger partial charge in [-0.05, 0) is 49.7 Å². The van der Waals surface area contributed by atoms with Crippen molar-refractivity contribution in [2.75, 3.05) is 6.61 Å². The van der Waals surface area contributed by atoms with E-state index in [1.165, 1.54) is 0 Å². The van der Waals surface area contributed by atoms with Gasteiger partial charge in [0.2, 0.25) is 5.91 Å². The number of amides is 1. The van der Waals surface area contributed by atoms with Gasteiger partial charge in [0, 0.05) is 12.8 Å². The lowest BCUT2D eigenvalue weighted by atomic mass is 9.83. The Balaban J connectivity index is 1.81. The first-order valence-electron chi connectivity index (χ1n) is 14.8. The fraction of sp³-hybridized carbons (Fsp3) is 0.700. The van der Waals surface area contributed by atoms with E-state index in [2.05, 4.69) is 22.2 Å². The summed E-state index contributed by atoms with van der Waals surface area (Å²) in [6.45, 7) is 8.88. The summed E-state index contributed by atoms with van der Waals surface area (Å²) < 4.78 is 17.5. The second-order valence-corrected chi connectivity index (χ2v) is 12.5. The van der Waals surface area contributed by atoms with Crippen molar-refractivity contribution in [1.29, 1.82) is 5.41 Å². The number of nitrogens with zero attached hydrogens (tertiary/aromatic N) is 1. The summed E-state index contributed by atoms with van der Waals surface area (Å²) in [4.78, 5) is 45.0. The number of aliphatic hydroxyl groups excluding tert-OH is 1. The van der Waals surface area contributed by atoms with Gasteiger partial charge in [0.05, 0.1) is 11.4 Å². The highest BCUT2D eigenvalue weighted by Gasteiger charge is 2.56. The maximum atomic E-state index is 13.0. The Hall–Kier alpha value is -3.09. The lowest BCUT2D eigenvalue weighted by Crippen LogP contribution is -2.48. The molecule has 5 atom stereocenters. The zero-order chi connectivity index (χ0) is 31.1. The number of carbonyl (C=O) groups excluding carboxylic acids is 3. The molecule has 2 heterocycles. The largest absolute Gasteiger partial charge is 0.463 e. The topological polar surface area (TPSA) is 189 Å². The fourth-order valence-corrected chi connectivity index (χ4v) is 4.97. The van der Waals surface area contributed by atoms with Crippen LogP contribution in [0.2, 0.25) is 0 Å². The molecule has 6 N–H and O–H groups in total. The van der Waals surface area contributed by atoms with Crippen LogP contribution in [0.15, 0.2) is 17.1 Å². The van der Waals surface area contributed by atoms with Crippen LogP contribution >= 0.6 is 0 Å². The number of aromatic amines is 1. The van der Waals surface area contributed by atoms with E-state index in [1.807, 2.05) is 0 Å². The second kappa shape index (κ2) is 14.4. The molecule has 1 saturated heterocycles. The number of rotatable bonds is 13. The number of unbranched alkanes of at least 4 members (excludes halogenated alkanes) is 2. The van der Waals surface area contributed by atoms with Crippen LogP contribution in [0.3, 0.4) is 0 Å². The van der Waals surface area contributed by atoms with Crippen molar-refractivity contribution in [3.63, 3.8) is 0 Å². The highest BCUT2D eigenvalue weighted by Crippen LogP contribution is 2.41. The lowest BCUT2D eigenvalue weighted by molar-refractivity contribution is -0.164. The van der Waals surface area contributed by atoms with Gasteiger partial charge in [-0.3, -0.25) is 19.8 Å². The number of hydrogen-bond acceptors (Lipinski definition) is 9. The molecule has 12 nitrogen and oxygen atoms in total. The minimum atomic E-state index is -1.42. The van der Waals surface area contributed by atoms with Gasteiger partial charge in [-0.2, -0.15) is 0 Å². The number of H-pyrrole nitrogens is 1. The number of aromatic nitrogens is 1. The van der Waals surface area contributed by atoms with E-state index >= 15 is 0 Å². The van der Waals surface area contributed by atoms with Crippen molar-refractivity contribution in [3.05, 3.63) is 23.5 Å². The number of nitrogens with one attached hydrogen (secondary N) is 3. The smallest absolute Gasteiger partial charge is 0.323 e. The molecule has 1 aliphatic heterocycles. The van der Waals surface area contributed by atoms with Crippen molar-refractivity contribution in [1.82, 2.24) is 10.3 Å². The summed E-state index contributed by atoms with van der Waals surface area (Å²) in [6, 6.07) is 2.34. The van der Waals surface area contributed by atoms with Crippen LogP contribution in [0.5, 0.6) is 0 Å². The number of aliphatic imine (C=N–C) groups is 1. The summed E-state index contributed by atoms with van der Waals surface area (Å²) >= 11 is 0. The minimum absolute atomic E-state index is 0.148. The Morgan fingerprint density at radius 1 is 1.31 bits per heavy atom. The van der Waals surface area contributed by atoms with Gasteiger partial charge in [0.1, 0.15) is 36.8 Å². The van der Waals surface area contributed by atoms with Crippen LogP contribution in [-0.2, 0) is 34.2 Å². The maximum Gasteiger partial charge on any atom is 0.323 e. The third kappa shape index (κ3) is 8.26. The standard InChI is InChI=1S/C30H47N5O7/c1-6-7-8-12-22(36)35-27(33-17-31)19-13-14-21(34-19)30(5)26(38)24(41-28(39)25(32)29(2,3)4)20(42-30)16-40-23(37)15-18-10-9-11-18/h13-14,17-18,20,24-26,34,38H,6-12,15-16,32H2,1-5H3,(H2,31,33,35,36)/t20-,24-,25-,26-,30+/m1/s1. The summed E-state index contributed by atoms with van der Waals surface area (Å²) in [6.07, 6.45) is 3.69. The van der Waals surface area contributed by atoms with E-state index < -0.39 is 41.3 Å².